The molecule has 1 aliphatic rings. The number of ether oxygens (including phenoxy) is 1. The molecule has 2 aromatic carbocycles. The fraction of sp³-hybridized carbons (Fsp3) is 0.211. The van der Waals surface area contributed by atoms with Crippen LogP contribution in [0, 0.1) is 6.92 Å². The monoisotopic (exact) mass is 294 g/mol. The number of benzene rings is 2. The standard InChI is InChI=1S/C19H18O3/c1-13-7-9-16(10-8-13)19(2)12-15(18(20)21)11-14-5-3-4-6-17(14)22-19/h3-11H,12H2,1-2H3,(H,20,21). The number of hydrogen-bond donors (Lipinski definition) is 1. The molecule has 1 atom stereocenters. The first-order valence-electron chi connectivity index (χ1n) is 7.27. The predicted octanol–water partition coefficient (Wildman–Crippen LogP) is 4.16. The fourth-order valence-electron chi connectivity index (χ4n) is 2.78. The third-order valence-electron chi connectivity index (χ3n) is 4.05. The Kier molecular flexibility index (Phi) is 3.49. The van der Waals surface area contributed by atoms with E-state index in [0.717, 1.165) is 16.7 Å². The van der Waals surface area contributed by atoms with E-state index in [0.29, 0.717) is 17.7 Å². The van der Waals surface area contributed by atoms with E-state index < -0.39 is 11.6 Å². The summed E-state index contributed by atoms with van der Waals surface area (Å²) in [6, 6.07) is 15.6. The second kappa shape index (κ2) is 5.34. The van der Waals surface area contributed by atoms with Gasteiger partial charge in [-0.2, -0.15) is 0 Å². The zero-order chi connectivity index (χ0) is 15.7. The summed E-state index contributed by atoms with van der Waals surface area (Å²) in [6.07, 6.45) is 2.02. The minimum Gasteiger partial charge on any atom is -0.482 e. The first-order chi connectivity index (χ1) is 10.5. The third-order valence-corrected chi connectivity index (χ3v) is 4.05. The molecule has 0 amide bonds. The maximum Gasteiger partial charge on any atom is 0.331 e. The Morgan fingerprint density at radius 1 is 1.14 bits per heavy atom. The van der Waals surface area contributed by atoms with E-state index in [9.17, 15) is 9.90 Å². The van der Waals surface area contributed by atoms with Crippen molar-refractivity contribution >= 4 is 12.0 Å². The van der Waals surface area contributed by atoms with Gasteiger partial charge in [-0.3, -0.25) is 0 Å². The minimum absolute atomic E-state index is 0.320. The van der Waals surface area contributed by atoms with Crippen LogP contribution in [0.4, 0.5) is 0 Å². The molecule has 0 saturated heterocycles. The molecular weight excluding hydrogens is 276 g/mol. The Balaban J connectivity index is 2.12. The zero-order valence-corrected chi connectivity index (χ0v) is 12.7. The maximum absolute atomic E-state index is 11.6. The van der Waals surface area contributed by atoms with Crippen molar-refractivity contribution in [3.63, 3.8) is 0 Å². The van der Waals surface area contributed by atoms with Gasteiger partial charge in [0.15, 0.2) is 0 Å². The van der Waals surface area contributed by atoms with Gasteiger partial charge in [0, 0.05) is 17.6 Å². The van der Waals surface area contributed by atoms with Gasteiger partial charge in [-0.1, -0.05) is 48.0 Å². The van der Waals surface area contributed by atoms with E-state index in [1.807, 2.05) is 62.4 Å². The number of carboxylic acids is 1. The molecule has 2 aromatic rings. The van der Waals surface area contributed by atoms with Crippen molar-refractivity contribution in [2.75, 3.05) is 0 Å². The lowest BCUT2D eigenvalue weighted by Gasteiger charge is -2.30. The molecule has 1 aliphatic heterocycles. The largest absolute Gasteiger partial charge is 0.482 e. The number of aryl methyl sites for hydroxylation is 1. The minimum atomic E-state index is -0.904. The maximum atomic E-state index is 11.6. The molecule has 0 fully saturated rings. The molecule has 0 saturated carbocycles. The molecule has 0 aromatic heterocycles. The van der Waals surface area contributed by atoms with Crippen LogP contribution < -0.4 is 4.74 Å². The highest BCUT2D eigenvalue weighted by molar-refractivity contribution is 5.93. The summed E-state index contributed by atoms with van der Waals surface area (Å²) in [5.41, 5.74) is 2.59. The van der Waals surface area contributed by atoms with Crippen molar-refractivity contribution in [2.24, 2.45) is 0 Å². The Morgan fingerprint density at radius 2 is 1.82 bits per heavy atom. The number of aliphatic carboxylic acids is 1. The molecule has 3 nitrogen and oxygen atoms in total. The molecule has 22 heavy (non-hydrogen) atoms. The van der Waals surface area contributed by atoms with Gasteiger partial charge >= 0.3 is 5.97 Å². The molecule has 0 aliphatic carbocycles. The van der Waals surface area contributed by atoms with E-state index in [-0.39, 0.29) is 0 Å². The lowest BCUT2D eigenvalue weighted by Crippen LogP contribution is -2.30. The van der Waals surface area contributed by atoms with Gasteiger partial charge in [0.2, 0.25) is 0 Å². The predicted molar refractivity (Wildman–Crippen MR) is 85.8 cm³/mol. The van der Waals surface area contributed by atoms with Crippen LogP contribution in [0.5, 0.6) is 5.75 Å². The van der Waals surface area contributed by atoms with E-state index in [2.05, 4.69) is 0 Å². The highest BCUT2D eigenvalue weighted by Crippen LogP contribution is 2.39. The summed E-state index contributed by atoms with van der Waals surface area (Å²) in [4.78, 5) is 11.6. The lowest BCUT2D eigenvalue weighted by molar-refractivity contribution is -0.133. The van der Waals surface area contributed by atoms with Crippen molar-refractivity contribution in [3.8, 4) is 5.75 Å². The average molecular weight is 294 g/mol. The van der Waals surface area contributed by atoms with E-state index >= 15 is 0 Å². The summed E-state index contributed by atoms with van der Waals surface area (Å²) in [5, 5.41) is 9.49. The SMILES string of the molecule is Cc1ccc(C2(C)CC(C(=O)O)=Cc3ccccc3O2)cc1. The summed E-state index contributed by atoms with van der Waals surface area (Å²) < 4.78 is 6.24. The van der Waals surface area contributed by atoms with Crippen LogP contribution in [0.1, 0.15) is 30.0 Å². The summed E-state index contributed by atoms with van der Waals surface area (Å²) in [5.74, 6) is -0.194. The summed E-state index contributed by atoms with van der Waals surface area (Å²) in [7, 11) is 0. The number of para-hydroxylation sites is 1. The van der Waals surface area contributed by atoms with Crippen LogP contribution in [0.2, 0.25) is 0 Å². The van der Waals surface area contributed by atoms with Gasteiger partial charge in [-0.15, -0.1) is 0 Å². The normalized spacial score (nSPS) is 20.4. The topological polar surface area (TPSA) is 46.5 Å². The molecule has 3 rings (SSSR count). The van der Waals surface area contributed by atoms with Crippen molar-refractivity contribution in [1.82, 2.24) is 0 Å². The Morgan fingerprint density at radius 3 is 2.50 bits per heavy atom. The molecule has 0 bridgehead atoms. The highest BCUT2D eigenvalue weighted by Gasteiger charge is 2.34. The first kappa shape index (κ1) is 14.4. The first-order valence-corrected chi connectivity index (χ1v) is 7.27. The molecular formula is C19H18O3. The van der Waals surface area contributed by atoms with Crippen molar-refractivity contribution in [3.05, 3.63) is 70.8 Å². The molecule has 1 unspecified atom stereocenters. The van der Waals surface area contributed by atoms with Crippen LogP contribution in [-0.4, -0.2) is 11.1 Å². The average Bonchev–Trinajstić information content (AvgIpc) is 2.64. The van der Waals surface area contributed by atoms with Gasteiger partial charge in [0.25, 0.3) is 0 Å². The lowest BCUT2D eigenvalue weighted by atomic mass is 9.88. The number of rotatable bonds is 2. The zero-order valence-electron chi connectivity index (χ0n) is 12.7. The summed E-state index contributed by atoms with van der Waals surface area (Å²) in [6.45, 7) is 3.97. The van der Waals surface area contributed by atoms with Crippen LogP contribution in [0.3, 0.4) is 0 Å². The van der Waals surface area contributed by atoms with Gasteiger partial charge < -0.3 is 9.84 Å². The van der Waals surface area contributed by atoms with E-state index in [1.54, 1.807) is 6.08 Å². The Hall–Kier alpha value is -2.55. The van der Waals surface area contributed by atoms with Crippen LogP contribution in [0.15, 0.2) is 54.1 Å². The highest BCUT2D eigenvalue weighted by atomic mass is 16.5. The quantitative estimate of drug-likeness (QED) is 0.904. The van der Waals surface area contributed by atoms with Crippen LogP contribution in [0.25, 0.3) is 6.08 Å². The molecule has 1 heterocycles. The van der Waals surface area contributed by atoms with Gasteiger partial charge in [-0.05, 0) is 31.6 Å². The smallest absolute Gasteiger partial charge is 0.331 e. The van der Waals surface area contributed by atoms with Gasteiger partial charge in [0.05, 0.1) is 0 Å². The second-order valence-electron chi connectivity index (χ2n) is 5.89. The molecule has 112 valence electrons. The van der Waals surface area contributed by atoms with Crippen LogP contribution in [-0.2, 0) is 10.4 Å². The Labute approximate surface area is 129 Å². The number of carboxylic acid groups (broad SMARTS) is 1. The van der Waals surface area contributed by atoms with Crippen molar-refractivity contribution in [2.45, 2.75) is 25.9 Å². The second-order valence-corrected chi connectivity index (χ2v) is 5.89. The van der Waals surface area contributed by atoms with Crippen molar-refractivity contribution < 1.29 is 14.6 Å². The molecule has 0 spiro atoms. The number of carbonyl (C=O) groups is 1. The van der Waals surface area contributed by atoms with Crippen LogP contribution >= 0.6 is 0 Å². The van der Waals surface area contributed by atoms with E-state index in [4.69, 9.17) is 4.74 Å². The van der Waals surface area contributed by atoms with Gasteiger partial charge in [-0.25, -0.2) is 4.79 Å². The molecule has 1 N–H and O–H groups in total. The third kappa shape index (κ3) is 2.62. The van der Waals surface area contributed by atoms with Gasteiger partial charge in [0.1, 0.15) is 11.4 Å². The fourth-order valence-corrected chi connectivity index (χ4v) is 2.78. The number of fused-ring (bicyclic) bond motifs is 1. The molecule has 0 radical (unpaired) electrons. The van der Waals surface area contributed by atoms with Crippen molar-refractivity contribution in [1.29, 1.82) is 0 Å². The number of hydrogen-bond acceptors (Lipinski definition) is 2. The molecule has 3 heteroatoms. The van der Waals surface area contributed by atoms with E-state index in [1.165, 1.54) is 0 Å². The summed E-state index contributed by atoms with van der Waals surface area (Å²) >= 11 is 0. The Bertz CT molecular complexity index is 744.